The maximum atomic E-state index is 10.6. The zero-order valence-corrected chi connectivity index (χ0v) is 8.61. The van der Waals surface area contributed by atoms with Gasteiger partial charge in [-0.1, -0.05) is 0 Å². The summed E-state index contributed by atoms with van der Waals surface area (Å²) in [6.45, 7) is 1.84. The zero-order chi connectivity index (χ0) is 11.8. The van der Waals surface area contributed by atoms with E-state index in [1.54, 1.807) is 24.6 Å². The van der Waals surface area contributed by atoms with E-state index in [1.807, 2.05) is 0 Å². The van der Waals surface area contributed by atoms with E-state index < -0.39 is 10.4 Å². The van der Waals surface area contributed by atoms with Crippen LogP contribution >= 0.6 is 0 Å². The molecule has 76 valence electrons. The van der Waals surface area contributed by atoms with Gasteiger partial charge in [0.1, 0.15) is 0 Å². The Morgan fingerprint density at radius 1 is 1.64 bits per heavy atom. The summed E-state index contributed by atoms with van der Waals surface area (Å²) in [4.78, 5) is 10.6. The van der Waals surface area contributed by atoms with Crippen LogP contribution in [0.25, 0.3) is 0 Å². The van der Waals surface area contributed by atoms with Gasteiger partial charge >= 0.3 is 74.1 Å². The Bertz CT molecular complexity index is 293. The van der Waals surface area contributed by atoms with Crippen LogP contribution in [-0.4, -0.2) is 47.8 Å². The summed E-state index contributed by atoms with van der Waals surface area (Å²) >= 11 is 1.76. The molecule has 0 saturated heterocycles. The van der Waals surface area contributed by atoms with Crippen molar-refractivity contribution in [2.75, 3.05) is 6.61 Å². The Labute approximate surface area is 91.8 Å². The van der Waals surface area contributed by atoms with E-state index in [-0.39, 0.29) is 17.2 Å². The van der Waals surface area contributed by atoms with Crippen molar-refractivity contribution in [2.45, 2.75) is 11.5 Å². The average Bonchev–Trinajstić information content (AvgIpc) is 1.96. The first kappa shape index (κ1) is 15.9. The van der Waals surface area contributed by atoms with Crippen LogP contribution in [0.15, 0.2) is 0 Å². The quantitative estimate of drug-likeness (QED) is 0.279. The van der Waals surface area contributed by atoms with Crippen LogP contribution in [0, 0.1) is 12.3 Å². The fraction of sp³-hybridized carbons (Fsp3) is 0.500. The van der Waals surface area contributed by atoms with Gasteiger partial charge in [-0.15, -0.1) is 0 Å². The van der Waals surface area contributed by atoms with Crippen molar-refractivity contribution < 1.29 is 27.1 Å². The molecule has 0 rings (SSSR count). The first-order valence-electron chi connectivity index (χ1n) is 3.48. The molecule has 8 heteroatoms. The van der Waals surface area contributed by atoms with Crippen molar-refractivity contribution in [2.24, 2.45) is 0 Å². The first-order chi connectivity index (χ1) is 6.18. The number of carbonyl (C=O) groups excluding carboxylic acids is 1. The van der Waals surface area contributed by atoms with Gasteiger partial charge in [-0.3, -0.25) is 9.11 Å². The van der Waals surface area contributed by atoms with Crippen molar-refractivity contribution in [1.29, 1.82) is 0 Å². The van der Waals surface area contributed by atoms with Crippen molar-refractivity contribution in [1.82, 2.24) is 0 Å². The van der Waals surface area contributed by atoms with Crippen molar-refractivity contribution in [3.63, 3.8) is 0 Å². The Morgan fingerprint density at radius 2 is 2.00 bits per heavy atom. The van der Waals surface area contributed by atoms with Gasteiger partial charge in [0.25, 0.3) is 0 Å². The van der Waals surface area contributed by atoms with E-state index in [9.17, 15) is 4.79 Å². The molecule has 0 aliphatic heterocycles. The van der Waals surface area contributed by atoms with Gasteiger partial charge in [-0.2, -0.15) is 8.42 Å². The molecule has 1 atom stereocenters. The standard InChI is InChI=1S/C6H7O2.Li.H2O4S/c1-3-5-8-6(7)4-2;;1-5(2,3)4/h1,4H,5H2,2H3;;(H2,1,2,3,4). The van der Waals surface area contributed by atoms with Crippen LogP contribution in [0.2, 0.25) is 4.59 Å². The van der Waals surface area contributed by atoms with Crippen LogP contribution in [0.3, 0.4) is 0 Å². The SMILES string of the molecule is O=S(=O)(O)O.[Li][CH](C)C(=O)OCC#C. The third-order valence-electron chi connectivity index (χ3n) is 0.769. The van der Waals surface area contributed by atoms with Gasteiger partial charge in [0.05, 0.1) is 0 Å². The van der Waals surface area contributed by atoms with Crippen LogP contribution in [0.4, 0.5) is 0 Å². The molecule has 0 fully saturated rings. The summed E-state index contributed by atoms with van der Waals surface area (Å²) in [7, 11) is -4.67. The number of rotatable bonds is 2. The normalized spacial score (nSPS) is 11.7. The van der Waals surface area contributed by atoms with Gasteiger partial charge in [0.15, 0.2) is 0 Å². The maximum absolute atomic E-state index is 10.6. The fourth-order valence-electron chi connectivity index (χ4n) is 0.279. The Morgan fingerprint density at radius 3 is 2.21 bits per heavy atom. The molecular formula is C6H9LiO6S. The molecular weight excluding hydrogens is 207 g/mol. The van der Waals surface area contributed by atoms with Gasteiger partial charge in [-0.05, 0) is 0 Å². The van der Waals surface area contributed by atoms with Gasteiger partial charge in [0.2, 0.25) is 0 Å². The molecule has 0 amide bonds. The topological polar surface area (TPSA) is 101 Å². The van der Waals surface area contributed by atoms with Crippen LogP contribution < -0.4 is 0 Å². The number of ether oxygens (including phenoxy) is 1. The van der Waals surface area contributed by atoms with E-state index in [4.69, 9.17) is 23.9 Å². The third-order valence-corrected chi connectivity index (χ3v) is 0.769. The summed E-state index contributed by atoms with van der Waals surface area (Å²) in [5.41, 5.74) is 0. The van der Waals surface area contributed by atoms with E-state index in [0.717, 1.165) is 0 Å². The van der Waals surface area contributed by atoms with Crippen LogP contribution in [0.5, 0.6) is 0 Å². The van der Waals surface area contributed by atoms with Crippen molar-refractivity contribution >= 4 is 34.1 Å². The second-order valence-corrected chi connectivity index (χ2v) is 3.31. The van der Waals surface area contributed by atoms with Crippen LogP contribution in [-0.2, 0) is 19.9 Å². The zero-order valence-electron chi connectivity index (χ0n) is 7.80. The number of carbonyl (C=O) groups is 1. The monoisotopic (exact) mass is 216 g/mol. The van der Waals surface area contributed by atoms with Gasteiger partial charge < -0.3 is 0 Å². The van der Waals surface area contributed by atoms with Crippen LogP contribution in [0.1, 0.15) is 6.92 Å². The predicted octanol–water partition coefficient (Wildman–Crippen LogP) is -0.513. The Balaban J connectivity index is 0. The summed E-state index contributed by atoms with van der Waals surface area (Å²) in [5, 5.41) is 0. The fourth-order valence-corrected chi connectivity index (χ4v) is 0.279. The molecule has 0 aliphatic carbocycles. The second kappa shape index (κ2) is 7.86. The molecule has 6 nitrogen and oxygen atoms in total. The number of terminal acetylenes is 1. The molecule has 0 heterocycles. The number of hydrogen-bond donors (Lipinski definition) is 2. The van der Waals surface area contributed by atoms with Crippen molar-refractivity contribution in [3.8, 4) is 12.3 Å². The molecule has 14 heavy (non-hydrogen) atoms. The summed E-state index contributed by atoms with van der Waals surface area (Å²) in [6, 6.07) is 0. The number of hydrogen-bond acceptors (Lipinski definition) is 4. The summed E-state index contributed by atoms with van der Waals surface area (Å²) < 4.78 is 36.1. The first-order valence-corrected chi connectivity index (χ1v) is 4.88. The van der Waals surface area contributed by atoms with Crippen molar-refractivity contribution in [3.05, 3.63) is 0 Å². The molecule has 0 aromatic carbocycles. The van der Waals surface area contributed by atoms with Gasteiger partial charge in [0, 0.05) is 0 Å². The molecule has 0 bridgehead atoms. The summed E-state index contributed by atoms with van der Waals surface area (Å²) in [5.74, 6) is 1.97. The van der Waals surface area contributed by atoms with Gasteiger partial charge in [-0.25, -0.2) is 0 Å². The summed E-state index contributed by atoms with van der Waals surface area (Å²) in [6.07, 6.45) is 4.85. The molecule has 0 spiro atoms. The van der Waals surface area contributed by atoms with E-state index in [1.165, 1.54) is 0 Å². The predicted molar refractivity (Wildman–Crippen MR) is 49.1 cm³/mol. The Hall–Kier alpha value is -0.503. The Kier molecular flexibility index (Phi) is 8.95. The van der Waals surface area contributed by atoms with E-state index >= 15 is 0 Å². The third kappa shape index (κ3) is 22.5. The minimum atomic E-state index is -4.67. The number of esters is 1. The molecule has 0 aromatic rings. The molecule has 1 unspecified atom stereocenters. The minimum absolute atomic E-state index is 0.0804. The second-order valence-electron chi connectivity index (χ2n) is 2.41. The molecule has 2 N–H and O–H groups in total. The van der Waals surface area contributed by atoms with E-state index in [0.29, 0.717) is 0 Å². The van der Waals surface area contributed by atoms with E-state index in [2.05, 4.69) is 10.7 Å². The molecule has 0 radical (unpaired) electrons. The molecule has 0 aliphatic rings. The average molecular weight is 216 g/mol. The molecule has 0 aromatic heterocycles. The molecule has 0 saturated carbocycles.